The van der Waals surface area contributed by atoms with E-state index in [0.717, 1.165) is 12.2 Å². The lowest BCUT2D eigenvalue weighted by Crippen LogP contribution is -2.06. The Hall–Kier alpha value is -0.830. The fourth-order valence-corrected chi connectivity index (χ4v) is 1.77. The standard InChI is InChI=1S/C12H22N2O/c1-2-3-4-5-6-7-12-13-8-9-14(12)10-11-15/h8-9,15H,2-7,10-11H2,1H3. The molecule has 15 heavy (non-hydrogen) atoms. The Kier molecular flexibility index (Phi) is 6.09. The highest BCUT2D eigenvalue weighted by atomic mass is 16.3. The number of nitrogens with zero attached hydrogens (tertiary/aromatic N) is 2. The molecule has 0 aliphatic heterocycles. The first-order valence-corrected chi connectivity index (χ1v) is 5.99. The van der Waals surface area contributed by atoms with E-state index in [1.165, 1.54) is 32.1 Å². The highest BCUT2D eigenvalue weighted by molar-refractivity contribution is 4.92. The molecule has 0 amide bonds. The van der Waals surface area contributed by atoms with Crippen LogP contribution >= 0.6 is 0 Å². The van der Waals surface area contributed by atoms with Gasteiger partial charge in [-0.1, -0.05) is 32.6 Å². The van der Waals surface area contributed by atoms with Crippen molar-refractivity contribution < 1.29 is 5.11 Å². The smallest absolute Gasteiger partial charge is 0.108 e. The Morgan fingerprint density at radius 3 is 2.80 bits per heavy atom. The average Bonchev–Trinajstić information content (AvgIpc) is 2.66. The average molecular weight is 210 g/mol. The third-order valence-electron chi connectivity index (χ3n) is 2.65. The molecule has 0 spiro atoms. The highest BCUT2D eigenvalue weighted by Crippen LogP contribution is 2.07. The molecule has 0 radical (unpaired) electrons. The van der Waals surface area contributed by atoms with E-state index >= 15 is 0 Å². The van der Waals surface area contributed by atoms with Crippen LogP contribution in [-0.2, 0) is 13.0 Å². The molecule has 1 N–H and O–H groups in total. The summed E-state index contributed by atoms with van der Waals surface area (Å²) in [6.07, 6.45) is 11.3. The summed E-state index contributed by atoms with van der Waals surface area (Å²) in [5.74, 6) is 1.11. The molecule has 0 aliphatic carbocycles. The van der Waals surface area contributed by atoms with Gasteiger partial charge in [0.15, 0.2) is 0 Å². The Bertz CT molecular complexity index is 258. The molecular formula is C12H22N2O. The number of aliphatic hydroxyl groups is 1. The number of hydrogen-bond acceptors (Lipinski definition) is 2. The first-order valence-electron chi connectivity index (χ1n) is 5.99. The second-order valence-electron chi connectivity index (χ2n) is 3.92. The van der Waals surface area contributed by atoms with E-state index in [-0.39, 0.29) is 6.61 Å². The maximum Gasteiger partial charge on any atom is 0.108 e. The summed E-state index contributed by atoms with van der Waals surface area (Å²) in [6.45, 7) is 3.09. The number of unbranched alkanes of at least 4 members (excludes halogenated alkanes) is 4. The molecule has 1 aromatic heterocycles. The molecule has 1 heterocycles. The van der Waals surface area contributed by atoms with Crippen molar-refractivity contribution in [3.05, 3.63) is 18.2 Å². The maximum absolute atomic E-state index is 8.86. The molecule has 0 bridgehead atoms. The summed E-state index contributed by atoms with van der Waals surface area (Å²) in [5, 5.41) is 8.86. The second-order valence-corrected chi connectivity index (χ2v) is 3.92. The molecule has 0 saturated carbocycles. The zero-order chi connectivity index (χ0) is 10.9. The summed E-state index contributed by atoms with van der Waals surface area (Å²) in [4.78, 5) is 4.30. The summed E-state index contributed by atoms with van der Waals surface area (Å²) in [7, 11) is 0. The first-order chi connectivity index (χ1) is 7.38. The van der Waals surface area contributed by atoms with E-state index in [9.17, 15) is 0 Å². The van der Waals surface area contributed by atoms with E-state index in [1.54, 1.807) is 0 Å². The van der Waals surface area contributed by atoms with Gasteiger partial charge in [0.1, 0.15) is 5.82 Å². The molecule has 3 nitrogen and oxygen atoms in total. The second kappa shape index (κ2) is 7.46. The molecule has 0 aliphatic rings. The van der Waals surface area contributed by atoms with Crippen LogP contribution in [0.1, 0.15) is 44.9 Å². The summed E-state index contributed by atoms with van der Waals surface area (Å²) < 4.78 is 2.04. The summed E-state index contributed by atoms with van der Waals surface area (Å²) in [5.41, 5.74) is 0. The highest BCUT2D eigenvalue weighted by Gasteiger charge is 2.01. The molecule has 1 aromatic rings. The van der Waals surface area contributed by atoms with Crippen LogP contribution in [0.2, 0.25) is 0 Å². The quantitative estimate of drug-likeness (QED) is 0.669. The normalized spacial score (nSPS) is 10.8. The minimum Gasteiger partial charge on any atom is -0.395 e. The Morgan fingerprint density at radius 1 is 1.27 bits per heavy atom. The lowest BCUT2D eigenvalue weighted by Gasteiger charge is -2.05. The minimum absolute atomic E-state index is 0.194. The molecule has 0 saturated heterocycles. The van der Waals surface area contributed by atoms with Gasteiger partial charge in [-0.25, -0.2) is 4.98 Å². The van der Waals surface area contributed by atoms with Crippen molar-refractivity contribution in [3.63, 3.8) is 0 Å². The summed E-state index contributed by atoms with van der Waals surface area (Å²) >= 11 is 0. The molecular weight excluding hydrogens is 188 g/mol. The predicted octanol–water partition coefficient (Wildman–Crippen LogP) is 2.39. The van der Waals surface area contributed by atoms with Gasteiger partial charge in [-0.2, -0.15) is 0 Å². The number of aromatic nitrogens is 2. The van der Waals surface area contributed by atoms with Gasteiger partial charge in [0, 0.05) is 25.4 Å². The largest absolute Gasteiger partial charge is 0.395 e. The number of imidazole rings is 1. The zero-order valence-electron chi connectivity index (χ0n) is 9.65. The van der Waals surface area contributed by atoms with Crippen molar-refractivity contribution in [3.8, 4) is 0 Å². The number of rotatable bonds is 8. The van der Waals surface area contributed by atoms with Gasteiger partial charge in [-0.3, -0.25) is 0 Å². The van der Waals surface area contributed by atoms with Crippen LogP contribution in [0.4, 0.5) is 0 Å². The Balaban J connectivity index is 2.21. The first kappa shape index (κ1) is 12.2. The van der Waals surface area contributed by atoms with Gasteiger partial charge in [-0.05, 0) is 6.42 Å². The van der Waals surface area contributed by atoms with Crippen LogP contribution in [-0.4, -0.2) is 21.3 Å². The van der Waals surface area contributed by atoms with Crippen LogP contribution in [0, 0.1) is 0 Å². The predicted molar refractivity (Wildman–Crippen MR) is 61.8 cm³/mol. The molecule has 3 heteroatoms. The summed E-state index contributed by atoms with van der Waals surface area (Å²) in [6, 6.07) is 0. The molecule has 0 aromatic carbocycles. The molecule has 0 atom stereocenters. The van der Waals surface area contributed by atoms with Crippen LogP contribution in [0.5, 0.6) is 0 Å². The number of aryl methyl sites for hydroxylation is 1. The zero-order valence-corrected chi connectivity index (χ0v) is 9.65. The van der Waals surface area contributed by atoms with Crippen LogP contribution in [0.3, 0.4) is 0 Å². The van der Waals surface area contributed by atoms with Gasteiger partial charge in [0.05, 0.1) is 6.61 Å². The molecule has 86 valence electrons. The minimum atomic E-state index is 0.194. The fraction of sp³-hybridized carbons (Fsp3) is 0.750. The van der Waals surface area contributed by atoms with E-state index in [0.29, 0.717) is 6.54 Å². The van der Waals surface area contributed by atoms with Gasteiger partial charge in [0.25, 0.3) is 0 Å². The van der Waals surface area contributed by atoms with Crippen molar-refractivity contribution in [2.75, 3.05) is 6.61 Å². The van der Waals surface area contributed by atoms with Crippen LogP contribution < -0.4 is 0 Å². The third kappa shape index (κ3) is 4.47. The maximum atomic E-state index is 8.86. The van der Waals surface area contributed by atoms with Crippen molar-refractivity contribution in [1.29, 1.82) is 0 Å². The van der Waals surface area contributed by atoms with Crippen molar-refractivity contribution in [1.82, 2.24) is 9.55 Å². The molecule has 0 unspecified atom stereocenters. The van der Waals surface area contributed by atoms with Gasteiger partial charge >= 0.3 is 0 Å². The van der Waals surface area contributed by atoms with Crippen molar-refractivity contribution in [2.45, 2.75) is 52.0 Å². The van der Waals surface area contributed by atoms with E-state index in [1.807, 2.05) is 17.0 Å². The number of aliphatic hydroxyl groups excluding tert-OH is 1. The third-order valence-corrected chi connectivity index (χ3v) is 2.65. The van der Waals surface area contributed by atoms with Crippen LogP contribution in [0.15, 0.2) is 12.4 Å². The van der Waals surface area contributed by atoms with E-state index < -0.39 is 0 Å². The van der Waals surface area contributed by atoms with Gasteiger partial charge in [0.2, 0.25) is 0 Å². The SMILES string of the molecule is CCCCCCCc1nccn1CCO. The van der Waals surface area contributed by atoms with Crippen molar-refractivity contribution in [2.24, 2.45) is 0 Å². The fourth-order valence-electron chi connectivity index (χ4n) is 1.77. The van der Waals surface area contributed by atoms with Crippen molar-refractivity contribution >= 4 is 0 Å². The monoisotopic (exact) mass is 210 g/mol. The van der Waals surface area contributed by atoms with E-state index in [2.05, 4.69) is 11.9 Å². The van der Waals surface area contributed by atoms with E-state index in [4.69, 9.17) is 5.11 Å². The van der Waals surface area contributed by atoms with Crippen LogP contribution in [0.25, 0.3) is 0 Å². The van der Waals surface area contributed by atoms with Gasteiger partial charge in [-0.15, -0.1) is 0 Å². The topological polar surface area (TPSA) is 38.0 Å². The lowest BCUT2D eigenvalue weighted by molar-refractivity contribution is 0.274. The Morgan fingerprint density at radius 2 is 2.07 bits per heavy atom. The lowest BCUT2D eigenvalue weighted by atomic mass is 10.1. The number of hydrogen-bond donors (Lipinski definition) is 1. The molecule has 1 rings (SSSR count). The molecule has 0 fully saturated rings. The van der Waals surface area contributed by atoms with Gasteiger partial charge < -0.3 is 9.67 Å². The Labute approximate surface area is 92.1 Å².